The molecule has 0 saturated heterocycles. The Morgan fingerprint density at radius 1 is 1.30 bits per heavy atom. The Labute approximate surface area is 123 Å². The number of aliphatic hydroxyl groups is 1. The van der Waals surface area contributed by atoms with E-state index in [1.165, 1.54) is 18.4 Å². The molecular weight excluding hydrogens is 248 g/mol. The van der Waals surface area contributed by atoms with Crippen LogP contribution >= 0.6 is 0 Å². The summed E-state index contributed by atoms with van der Waals surface area (Å²) in [7, 11) is 0. The van der Waals surface area contributed by atoms with Crippen molar-refractivity contribution in [1.29, 1.82) is 0 Å². The third-order valence-corrected chi connectivity index (χ3v) is 4.10. The highest BCUT2D eigenvalue weighted by atomic mass is 16.3. The van der Waals surface area contributed by atoms with E-state index in [1.54, 1.807) is 0 Å². The molecule has 0 aromatic heterocycles. The van der Waals surface area contributed by atoms with E-state index in [4.69, 9.17) is 0 Å². The molecular formula is C17H28N2O. The average molecular weight is 276 g/mol. The average Bonchev–Trinajstić information content (AvgIpc) is 3.28. The summed E-state index contributed by atoms with van der Waals surface area (Å²) in [5.74, 6) is 0. The topological polar surface area (TPSA) is 35.5 Å². The molecule has 112 valence electrons. The molecule has 1 aromatic carbocycles. The van der Waals surface area contributed by atoms with Gasteiger partial charge in [-0.25, -0.2) is 0 Å². The smallest absolute Gasteiger partial charge is 0.0799 e. The Kier molecular flexibility index (Phi) is 5.19. The van der Waals surface area contributed by atoms with Gasteiger partial charge in [-0.1, -0.05) is 37.3 Å². The van der Waals surface area contributed by atoms with Crippen molar-refractivity contribution in [2.75, 3.05) is 19.7 Å². The molecule has 2 rings (SSSR count). The second kappa shape index (κ2) is 6.70. The first-order valence-electron chi connectivity index (χ1n) is 7.79. The molecule has 0 heterocycles. The molecule has 3 heteroatoms. The maximum Gasteiger partial charge on any atom is 0.0799 e. The third kappa shape index (κ3) is 3.60. The highest BCUT2D eigenvalue weighted by Gasteiger charge is 2.38. The van der Waals surface area contributed by atoms with Gasteiger partial charge in [0, 0.05) is 18.6 Å². The van der Waals surface area contributed by atoms with Crippen LogP contribution in [0.3, 0.4) is 0 Å². The van der Waals surface area contributed by atoms with Crippen LogP contribution in [0.5, 0.6) is 0 Å². The molecule has 0 bridgehead atoms. The Bertz CT molecular complexity index is 403. The second-order valence-corrected chi connectivity index (χ2v) is 6.20. The van der Waals surface area contributed by atoms with Crippen molar-refractivity contribution < 1.29 is 5.11 Å². The van der Waals surface area contributed by atoms with E-state index < -0.39 is 0 Å². The second-order valence-electron chi connectivity index (χ2n) is 6.20. The molecule has 1 aromatic rings. The van der Waals surface area contributed by atoms with Gasteiger partial charge in [-0.2, -0.15) is 0 Å². The maximum atomic E-state index is 10.1. The van der Waals surface area contributed by atoms with Gasteiger partial charge in [-0.3, -0.25) is 4.90 Å². The van der Waals surface area contributed by atoms with E-state index in [1.807, 2.05) is 6.07 Å². The summed E-state index contributed by atoms with van der Waals surface area (Å²) in [6, 6.07) is 11.4. The number of hydrogen-bond acceptors (Lipinski definition) is 3. The molecule has 3 nitrogen and oxygen atoms in total. The zero-order chi connectivity index (χ0) is 14.6. The fourth-order valence-corrected chi connectivity index (χ4v) is 3.00. The monoisotopic (exact) mass is 276 g/mol. The molecule has 1 aliphatic rings. The van der Waals surface area contributed by atoms with Crippen LogP contribution in [0.1, 0.15) is 39.2 Å². The van der Waals surface area contributed by atoms with Crippen LogP contribution in [0, 0.1) is 0 Å². The van der Waals surface area contributed by atoms with E-state index in [9.17, 15) is 5.11 Å². The molecule has 1 fully saturated rings. The molecule has 1 unspecified atom stereocenters. The van der Waals surface area contributed by atoms with Crippen LogP contribution in [-0.2, 0) is 5.54 Å². The summed E-state index contributed by atoms with van der Waals surface area (Å²) < 4.78 is 0. The number of rotatable bonds is 8. The number of benzene rings is 1. The van der Waals surface area contributed by atoms with Crippen LogP contribution < -0.4 is 5.32 Å². The van der Waals surface area contributed by atoms with E-state index in [0.29, 0.717) is 12.1 Å². The Morgan fingerprint density at radius 2 is 1.95 bits per heavy atom. The van der Waals surface area contributed by atoms with Gasteiger partial charge in [0.15, 0.2) is 0 Å². The van der Waals surface area contributed by atoms with Gasteiger partial charge in [-0.15, -0.1) is 0 Å². The largest absolute Gasteiger partial charge is 0.394 e. The van der Waals surface area contributed by atoms with Crippen molar-refractivity contribution in [3.05, 3.63) is 35.9 Å². The van der Waals surface area contributed by atoms with E-state index in [2.05, 4.69) is 55.3 Å². The highest BCUT2D eigenvalue weighted by molar-refractivity contribution is 5.26. The normalized spacial score (nSPS) is 18.5. The van der Waals surface area contributed by atoms with Crippen molar-refractivity contribution >= 4 is 0 Å². The van der Waals surface area contributed by atoms with Crippen molar-refractivity contribution in [3.63, 3.8) is 0 Å². The van der Waals surface area contributed by atoms with Crippen molar-refractivity contribution in [2.24, 2.45) is 0 Å². The lowest BCUT2D eigenvalue weighted by molar-refractivity contribution is 0.0977. The van der Waals surface area contributed by atoms with Crippen LogP contribution in [0.25, 0.3) is 0 Å². The Balaban J connectivity index is 2.26. The van der Waals surface area contributed by atoms with E-state index in [0.717, 1.165) is 13.1 Å². The molecule has 0 aliphatic heterocycles. The minimum Gasteiger partial charge on any atom is -0.394 e. The molecule has 1 saturated carbocycles. The predicted molar refractivity (Wildman–Crippen MR) is 83.7 cm³/mol. The summed E-state index contributed by atoms with van der Waals surface area (Å²) in [4.78, 5) is 2.50. The minimum absolute atomic E-state index is 0.123. The molecule has 0 spiro atoms. The van der Waals surface area contributed by atoms with Crippen LogP contribution in [0.4, 0.5) is 0 Å². The first kappa shape index (κ1) is 15.5. The number of nitrogens with zero attached hydrogens (tertiary/aromatic N) is 1. The number of likely N-dealkylation sites (N-methyl/N-ethyl adjacent to an activating group) is 1. The van der Waals surface area contributed by atoms with Gasteiger partial charge < -0.3 is 10.4 Å². The Morgan fingerprint density at radius 3 is 2.40 bits per heavy atom. The van der Waals surface area contributed by atoms with Crippen molar-refractivity contribution in [2.45, 2.75) is 51.2 Å². The van der Waals surface area contributed by atoms with E-state index >= 15 is 0 Å². The lowest BCUT2D eigenvalue weighted by atomic mass is 9.89. The minimum atomic E-state index is -0.367. The quantitative estimate of drug-likeness (QED) is 0.765. The molecule has 0 radical (unpaired) electrons. The zero-order valence-electron chi connectivity index (χ0n) is 13.0. The van der Waals surface area contributed by atoms with Crippen LogP contribution in [0.15, 0.2) is 30.3 Å². The lowest BCUT2D eigenvalue weighted by Gasteiger charge is -2.40. The Hall–Kier alpha value is -0.900. The maximum absolute atomic E-state index is 10.1. The van der Waals surface area contributed by atoms with Crippen molar-refractivity contribution in [1.82, 2.24) is 10.2 Å². The third-order valence-electron chi connectivity index (χ3n) is 4.10. The number of hydrogen-bond donors (Lipinski definition) is 2. The molecule has 20 heavy (non-hydrogen) atoms. The standard InChI is InChI=1S/C17H28N2O/c1-4-19(16-10-11-16)12-17(13-20,18-14(2)3)15-8-6-5-7-9-15/h5-9,14,16,18,20H,4,10-13H2,1-3H3. The SMILES string of the molecule is CCN(CC(CO)(NC(C)C)c1ccccc1)C1CC1. The molecule has 1 atom stereocenters. The van der Waals surface area contributed by atoms with Gasteiger partial charge in [0.2, 0.25) is 0 Å². The predicted octanol–water partition coefficient (Wildman–Crippen LogP) is 2.36. The van der Waals surface area contributed by atoms with Gasteiger partial charge in [0.05, 0.1) is 12.1 Å². The summed E-state index contributed by atoms with van der Waals surface area (Å²) in [5.41, 5.74) is 0.809. The molecule has 1 aliphatic carbocycles. The summed E-state index contributed by atoms with van der Waals surface area (Å²) >= 11 is 0. The van der Waals surface area contributed by atoms with Crippen molar-refractivity contribution in [3.8, 4) is 0 Å². The summed E-state index contributed by atoms with van der Waals surface area (Å²) in [6.07, 6.45) is 2.59. The van der Waals surface area contributed by atoms with Gasteiger partial charge in [0.25, 0.3) is 0 Å². The molecule has 0 amide bonds. The van der Waals surface area contributed by atoms with Crippen LogP contribution in [0.2, 0.25) is 0 Å². The summed E-state index contributed by atoms with van der Waals surface area (Å²) in [6.45, 7) is 8.52. The fourth-order valence-electron chi connectivity index (χ4n) is 3.00. The highest BCUT2D eigenvalue weighted by Crippen LogP contribution is 2.31. The zero-order valence-corrected chi connectivity index (χ0v) is 13.0. The molecule has 2 N–H and O–H groups in total. The van der Waals surface area contributed by atoms with Gasteiger partial charge in [-0.05, 0) is 38.8 Å². The first-order chi connectivity index (χ1) is 9.61. The number of aliphatic hydroxyl groups excluding tert-OH is 1. The summed E-state index contributed by atoms with van der Waals surface area (Å²) in [5, 5.41) is 13.8. The first-order valence-corrected chi connectivity index (χ1v) is 7.79. The lowest BCUT2D eigenvalue weighted by Crippen LogP contribution is -2.56. The van der Waals surface area contributed by atoms with Gasteiger partial charge in [0.1, 0.15) is 0 Å². The van der Waals surface area contributed by atoms with E-state index in [-0.39, 0.29) is 12.1 Å². The van der Waals surface area contributed by atoms with Gasteiger partial charge >= 0.3 is 0 Å². The van der Waals surface area contributed by atoms with Crippen LogP contribution in [-0.4, -0.2) is 41.8 Å². The fraction of sp³-hybridized carbons (Fsp3) is 0.647. The number of nitrogens with one attached hydrogen (secondary N) is 1.